The fraction of sp³-hybridized carbons (Fsp3) is 0.333. The van der Waals surface area contributed by atoms with Crippen LogP contribution in [0.1, 0.15) is 6.92 Å². The summed E-state index contributed by atoms with van der Waals surface area (Å²) in [5.41, 5.74) is 0. The molecule has 0 unspecified atom stereocenters. The largest absolute Gasteiger partial charge is 0.353 e. The highest BCUT2D eigenvalue weighted by molar-refractivity contribution is 6.32. The summed E-state index contributed by atoms with van der Waals surface area (Å²) in [6.45, 7) is 7.21. The van der Waals surface area contributed by atoms with Crippen LogP contribution in [0.25, 0.3) is 0 Å². The molecule has 0 amide bonds. The molecule has 0 fully saturated rings. The first-order chi connectivity index (χ1) is 6.67. The Bertz CT molecular complexity index is 308. The fourth-order valence-electron chi connectivity index (χ4n) is 1.08. The lowest BCUT2D eigenvalue weighted by atomic mass is 10.4. The van der Waals surface area contributed by atoms with E-state index >= 15 is 0 Å². The highest BCUT2D eigenvalue weighted by atomic mass is 35.5. The van der Waals surface area contributed by atoms with E-state index in [2.05, 4.69) is 16.5 Å². The number of halogens is 2. The molecule has 0 N–H and O–H groups in total. The molecule has 14 heavy (non-hydrogen) atoms. The first kappa shape index (κ1) is 11.3. The lowest BCUT2D eigenvalue weighted by molar-refractivity contribution is 0.877. The molecule has 1 heterocycles. The topological polar surface area (TPSA) is 29.0 Å². The molecule has 1 aromatic rings. The SMILES string of the molecule is C=CCN(CC)c1cc(Cl)nc(Cl)n1. The van der Waals surface area contributed by atoms with Crippen molar-refractivity contribution < 1.29 is 0 Å². The molecule has 0 atom stereocenters. The molecule has 0 aliphatic carbocycles. The Balaban J connectivity index is 2.96. The third kappa shape index (κ3) is 2.86. The van der Waals surface area contributed by atoms with Gasteiger partial charge in [0.1, 0.15) is 11.0 Å². The number of hydrogen-bond donors (Lipinski definition) is 0. The van der Waals surface area contributed by atoms with Gasteiger partial charge in [0.25, 0.3) is 0 Å². The van der Waals surface area contributed by atoms with Crippen molar-refractivity contribution in [2.45, 2.75) is 6.92 Å². The lowest BCUT2D eigenvalue weighted by Gasteiger charge is -2.19. The quantitative estimate of drug-likeness (QED) is 0.454. The third-order valence-corrected chi connectivity index (χ3v) is 2.07. The van der Waals surface area contributed by atoms with E-state index in [0.717, 1.165) is 12.4 Å². The zero-order valence-corrected chi connectivity index (χ0v) is 9.39. The van der Waals surface area contributed by atoms with Crippen LogP contribution in [0.2, 0.25) is 10.4 Å². The Hall–Kier alpha value is -0.800. The van der Waals surface area contributed by atoms with Gasteiger partial charge in [-0.15, -0.1) is 6.58 Å². The van der Waals surface area contributed by atoms with E-state index in [1.54, 1.807) is 12.1 Å². The van der Waals surface area contributed by atoms with E-state index < -0.39 is 0 Å². The van der Waals surface area contributed by atoms with Crippen molar-refractivity contribution in [3.05, 3.63) is 29.2 Å². The Labute approximate surface area is 93.4 Å². The van der Waals surface area contributed by atoms with Gasteiger partial charge in [0.05, 0.1) is 0 Å². The van der Waals surface area contributed by atoms with Crippen molar-refractivity contribution in [3.8, 4) is 0 Å². The van der Waals surface area contributed by atoms with Crippen LogP contribution in [0.3, 0.4) is 0 Å². The molecule has 1 aromatic heterocycles. The molecular weight excluding hydrogens is 221 g/mol. The van der Waals surface area contributed by atoms with Gasteiger partial charge in [-0.05, 0) is 18.5 Å². The summed E-state index contributed by atoms with van der Waals surface area (Å²) < 4.78 is 0. The van der Waals surface area contributed by atoms with E-state index in [4.69, 9.17) is 23.2 Å². The third-order valence-electron chi connectivity index (χ3n) is 1.71. The predicted molar refractivity (Wildman–Crippen MR) is 60.1 cm³/mol. The summed E-state index contributed by atoms with van der Waals surface area (Å²) in [5, 5.41) is 0.512. The Morgan fingerprint density at radius 3 is 2.71 bits per heavy atom. The summed E-state index contributed by atoms with van der Waals surface area (Å²) in [4.78, 5) is 9.84. The van der Waals surface area contributed by atoms with Crippen LogP contribution >= 0.6 is 23.2 Å². The number of anilines is 1. The van der Waals surface area contributed by atoms with Crippen LogP contribution < -0.4 is 4.90 Å². The maximum absolute atomic E-state index is 5.76. The van der Waals surface area contributed by atoms with Crippen LogP contribution in [0.5, 0.6) is 0 Å². The second kappa shape index (κ2) is 5.17. The van der Waals surface area contributed by atoms with Crippen LogP contribution in [0, 0.1) is 0 Å². The summed E-state index contributed by atoms with van der Waals surface area (Å²) in [6.07, 6.45) is 1.80. The van der Waals surface area contributed by atoms with Crippen molar-refractivity contribution in [2.24, 2.45) is 0 Å². The highest BCUT2D eigenvalue weighted by Crippen LogP contribution is 2.17. The van der Waals surface area contributed by atoms with Crippen molar-refractivity contribution >= 4 is 29.0 Å². The number of aromatic nitrogens is 2. The molecule has 0 saturated carbocycles. The Morgan fingerprint density at radius 2 is 2.21 bits per heavy atom. The standard InChI is InChI=1S/C9H11Cl2N3/c1-3-5-14(4-2)8-6-7(10)12-9(11)13-8/h3,6H,1,4-5H2,2H3. The normalized spacial score (nSPS) is 9.93. The molecule has 0 aliphatic rings. The number of likely N-dealkylation sites (N-methyl/N-ethyl adjacent to an activating group) is 1. The zero-order chi connectivity index (χ0) is 10.6. The Kier molecular flexibility index (Phi) is 4.17. The zero-order valence-electron chi connectivity index (χ0n) is 7.87. The lowest BCUT2D eigenvalue weighted by Crippen LogP contribution is -2.23. The van der Waals surface area contributed by atoms with Crippen LogP contribution in [0.4, 0.5) is 5.82 Å². The molecule has 3 nitrogen and oxygen atoms in total. The summed E-state index contributed by atoms with van der Waals surface area (Å²) in [7, 11) is 0. The van der Waals surface area contributed by atoms with Gasteiger partial charge in [0, 0.05) is 19.2 Å². The summed E-state index contributed by atoms with van der Waals surface area (Å²) >= 11 is 11.5. The summed E-state index contributed by atoms with van der Waals surface area (Å²) in [6, 6.07) is 1.68. The molecule has 1 rings (SSSR count). The van der Waals surface area contributed by atoms with Gasteiger partial charge in [0.15, 0.2) is 0 Å². The van der Waals surface area contributed by atoms with Gasteiger partial charge in [0.2, 0.25) is 5.28 Å². The van der Waals surface area contributed by atoms with Gasteiger partial charge in [-0.2, -0.15) is 0 Å². The molecule has 5 heteroatoms. The van der Waals surface area contributed by atoms with Crippen LogP contribution in [0.15, 0.2) is 18.7 Å². The first-order valence-electron chi connectivity index (χ1n) is 4.23. The smallest absolute Gasteiger partial charge is 0.225 e. The minimum Gasteiger partial charge on any atom is -0.353 e. The second-order valence-electron chi connectivity index (χ2n) is 2.65. The van der Waals surface area contributed by atoms with Crippen molar-refractivity contribution in [1.82, 2.24) is 9.97 Å². The van der Waals surface area contributed by atoms with E-state index in [9.17, 15) is 0 Å². The molecule has 0 spiro atoms. The average molecular weight is 232 g/mol. The van der Waals surface area contributed by atoms with E-state index in [0.29, 0.717) is 11.7 Å². The van der Waals surface area contributed by atoms with E-state index in [1.807, 2.05) is 11.8 Å². The number of rotatable bonds is 4. The molecule has 0 radical (unpaired) electrons. The molecular formula is C9H11Cl2N3. The van der Waals surface area contributed by atoms with Gasteiger partial charge in [-0.1, -0.05) is 17.7 Å². The molecule has 76 valence electrons. The van der Waals surface area contributed by atoms with E-state index in [-0.39, 0.29) is 5.28 Å². The van der Waals surface area contributed by atoms with Crippen molar-refractivity contribution in [2.75, 3.05) is 18.0 Å². The molecule has 0 aromatic carbocycles. The monoisotopic (exact) mass is 231 g/mol. The fourth-order valence-corrected chi connectivity index (χ4v) is 1.48. The molecule has 0 bridgehead atoms. The van der Waals surface area contributed by atoms with Crippen molar-refractivity contribution in [3.63, 3.8) is 0 Å². The molecule has 0 aliphatic heterocycles. The minimum absolute atomic E-state index is 0.162. The maximum atomic E-state index is 5.76. The number of hydrogen-bond acceptors (Lipinski definition) is 3. The molecule has 0 saturated heterocycles. The minimum atomic E-state index is 0.162. The number of nitrogens with zero attached hydrogens (tertiary/aromatic N) is 3. The maximum Gasteiger partial charge on any atom is 0.225 e. The van der Waals surface area contributed by atoms with Gasteiger partial charge in [-0.3, -0.25) is 0 Å². The summed E-state index contributed by atoms with van der Waals surface area (Å²) in [5.74, 6) is 0.720. The van der Waals surface area contributed by atoms with Gasteiger partial charge in [-0.25, -0.2) is 9.97 Å². The average Bonchev–Trinajstić information content (AvgIpc) is 2.12. The van der Waals surface area contributed by atoms with Gasteiger partial charge >= 0.3 is 0 Å². The Morgan fingerprint density at radius 1 is 1.50 bits per heavy atom. The van der Waals surface area contributed by atoms with Gasteiger partial charge < -0.3 is 4.90 Å². The first-order valence-corrected chi connectivity index (χ1v) is 4.99. The van der Waals surface area contributed by atoms with Crippen LogP contribution in [-0.4, -0.2) is 23.1 Å². The second-order valence-corrected chi connectivity index (χ2v) is 3.37. The van der Waals surface area contributed by atoms with Crippen LogP contribution in [-0.2, 0) is 0 Å². The van der Waals surface area contributed by atoms with Crippen molar-refractivity contribution in [1.29, 1.82) is 0 Å². The highest BCUT2D eigenvalue weighted by Gasteiger charge is 2.06. The van der Waals surface area contributed by atoms with E-state index in [1.165, 1.54) is 0 Å². The predicted octanol–water partition coefficient (Wildman–Crippen LogP) is 2.80.